The molecule has 2 heterocycles. The number of pyridine rings is 1. The molecule has 0 radical (unpaired) electrons. The topological polar surface area (TPSA) is 89.9 Å². The number of aromatic nitrogens is 2. The highest BCUT2D eigenvalue weighted by molar-refractivity contribution is 5.99. The monoisotopic (exact) mass is 221 g/mol. The molecule has 0 aliphatic carbocycles. The summed E-state index contributed by atoms with van der Waals surface area (Å²) in [7, 11) is 0. The van der Waals surface area contributed by atoms with E-state index >= 15 is 0 Å². The van der Waals surface area contributed by atoms with Crippen molar-refractivity contribution in [1.29, 1.82) is 0 Å². The maximum Gasteiger partial charge on any atom is 0.252 e. The number of hydrogen-bond acceptors (Lipinski definition) is 4. The number of carbonyl (C=O) groups excluding carboxylic acids is 1. The van der Waals surface area contributed by atoms with Crippen LogP contribution in [0.5, 0.6) is 5.75 Å². The highest BCUT2D eigenvalue weighted by Crippen LogP contribution is 2.15. The van der Waals surface area contributed by atoms with Crippen molar-refractivity contribution in [1.82, 2.24) is 9.61 Å². The van der Waals surface area contributed by atoms with Gasteiger partial charge in [0.25, 0.3) is 5.91 Å². The van der Waals surface area contributed by atoms with Crippen LogP contribution < -0.4 is 10.5 Å². The number of carbonyl (C=O) groups is 1. The molecule has 6 heteroatoms. The average Bonchev–Trinajstić information content (AvgIpc) is 2.69. The number of amides is 1. The van der Waals surface area contributed by atoms with E-state index in [1.165, 1.54) is 10.7 Å². The summed E-state index contributed by atoms with van der Waals surface area (Å²) < 4.78 is 6.71. The molecule has 0 aliphatic heterocycles. The van der Waals surface area contributed by atoms with Gasteiger partial charge in [0.15, 0.2) is 0 Å². The Morgan fingerprint density at radius 3 is 3.06 bits per heavy atom. The second kappa shape index (κ2) is 4.19. The third-order valence-electron chi connectivity index (χ3n) is 2.11. The van der Waals surface area contributed by atoms with Crippen LogP contribution in [0.3, 0.4) is 0 Å². The molecule has 84 valence electrons. The zero-order chi connectivity index (χ0) is 11.5. The minimum atomic E-state index is -0.515. The molecule has 2 aromatic heterocycles. The number of fused-ring (bicyclic) bond motifs is 1. The molecule has 0 spiro atoms. The molecular weight excluding hydrogens is 210 g/mol. The van der Waals surface area contributed by atoms with Crippen molar-refractivity contribution in [3.05, 3.63) is 30.1 Å². The van der Waals surface area contributed by atoms with Gasteiger partial charge < -0.3 is 15.6 Å². The highest BCUT2D eigenvalue weighted by Gasteiger charge is 2.09. The Hall–Kier alpha value is -2.08. The summed E-state index contributed by atoms with van der Waals surface area (Å²) >= 11 is 0. The van der Waals surface area contributed by atoms with E-state index in [2.05, 4.69) is 5.10 Å². The van der Waals surface area contributed by atoms with Gasteiger partial charge in [-0.05, 0) is 12.1 Å². The Morgan fingerprint density at radius 2 is 2.38 bits per heavy atom. The van der Waals surface area contributed by atoms with Crippen molar-refractivity contribution < 1.29 is 14.6 Å². The number of aliphatic hydroxyl groups excluding tert-OH is 1. The van der Waals surface area contributed by atoms with Crippen LogP contribution in [0.15, 0.2) is 24.5 Å². The van der Waals surface area contributed by atoms with Gasteiger partial charge in [0, 0.05) is 0 Å². The summed E-state index contributed by atoms with van der Waals surface area (Å²) in [5.74, 6) is 0.0553. The molecule has 0 atom stereocenters. The van der Waals surface area contributed by atoms with E-state index in [-0.39, 0.29) is 13.2 Å². The van der Waals surface area contributed by atoms with Crippen molar-refractivity contribution in [2.75, 3.05) is 13.2 Å². The highest BCUT2D eigenvalue weighted by atomic mass is 16.5. The molecule has 0 saturated heterocycles. The number of nitrogens with zero attached hydrogens (tertiary/aromatic N) is 2. The lowest BCUT2D eigenvalue weighted by atomic mass is 10.2. The van der Waals surface area contributed by atoms with Crippen molar-refractivity contribution in [2.45, 2.75) is 0 Å². The zero-order valence-electron chi connectivity index (χ0n) is 8.46. The summed E-state index contributed by atoms with van der Waals surface area (Å²) in [6.45, 7) is 0.166. The Bertz CT molecular complexity index is 521. The fraction of sp³-hybridized carbons (Fsp3) is 0.200. The quantitative estimate of drug-likeness (QED) is 0.748. The van der Waals surface area contributed by atoms with Crippen LogP contribution in [-0.4, -0.2) is 33.8 Å². The summed E-state index contributed by atoms with van der Waals surface area (Å²) in [6.07, 6.45) is 3.03. The van der Waals surface area contributed by atoms with Gasteiger partial charge in [0.1, 0.15) is 12.4 Å². The Kier molecular flexibility index (Phi) is 2.74. The van der Waals surface area contributed by atoms with Gasteiger partial charge in [-0.1, -0.05) is 0 Å². The van der Waals surface area contributed by atoms with Crippen molar-refractivity contribution in [3.63, 3.8) is 0 Å². The Labute approximate surface area is 91.2 Å². The van der Waals surface area contributed by atoms with Gasteiger partial charge in [0.2, 0.25) is 0 Å². The van der Waals surface area contributed by atoms with Gasteiger partial charge in [-0.15, -0.1) is 0 Å². The van der Waals surface area contributed by atoms with Crippen LogP contribution in [0.1, 0.15) is 10.4 Å². The maximum absolute atomic E-state index is 11.0. The second-order valence-corrected chi connectivity index (χ2v) is 3.19. The van der Waals surface area contributed by atoms with Crippen molar-refractivity contribution in [3.8, 4) is 5.75 Å². The summed E-state index contributed by atoms with van der Waals surface area (Å²) in [5.41, 5.74) is 6.18. The maximum atomic E-state index is 11.0. The molecule has 0 bridgehead atoms. The Morgan fingerprint density at radius 1 is 1.56 bits per heavy atom. The second-order valence-electron chi connectivity index (χ2n) is 3.19. The third-order valence-corrected chi connectivity index (χ3v) is 2.11. The predicted octanol–water partition coefficient (Wildman–Crippen LogP) is -0.196. The molecule has 0 aliphatic rings. The van der Waals surface area contributed by atoms with Gasteiger partial charge in [0.05, 0.1) is 30.1 Å². The molecule has 6 nitrogen and oxygen atoms in total. The van der Waals surface area contributed by atoms with Crippen LogP contribution in [0.4, 0.5) is 0 Å². The first-order valence-electron chi connectivity index (χ1n) is 4.73. The zero-order valence-corrected chi connectivity index (χ0v) is 8.46. The van der Waals surface area contributed by atoms with Crippen LogP contribution in [0.25, 0.3) is 5.52 Å². The van der Waals surface area contributed by atoms with Gasteiger partial charge >= 0.3 is 0 Å². The van der Waals surface area contributed by atoms with E-state index in [1.54, 1.807) is 18.3 Å². The fourth-order valence-corrected chi connectivity index (χ4v) is 1.40. The standard InChI is InChI=1S/C10H11N3O3/c11-10(15)8-5-12-13-6-7(16-4-3-14)1-2-9(8)13/h1-2,5-6,14H,3-4H2,(H2,11,15). The molecule has 16 heavy (non-hydrogen) atoms. The van der Waals surface area contributed by atoms with Crippen LogP contribution in [0.2, 0.25) is 0 Å². The number of nitrogens with two attached hydrogens (primary N) is 1. The molecule has 2 rings (SSSR count). The van der Waals surface area contributed by atoms with E-state index in [0.29, 0.717) is 16.8 Å². The first-order valence-corrected chi connectivity index (χ1v) is 4.73. The Balaban J connectivity index is 2.37. The summed E-state index contributed by atoms with van der Waals surface area (Å²) in [4.78, 5) is 11.0. The number of hydrogen-bond donors (Lipinski definition) is 2. The van der Waals surface area contributed by atoms with Crippen LogP contribution >= 0.6 is 0 Å². The lowest BCUT2D eigenvalue weighted by Gasteiger charge is -2.04. The van der Waals surface area contributed by atoms with E-state index in [9.17, 15) is 4.79 Å². The van der Waals surface area contributed by atoms with E-state index < -0.39 is 5.91 Å². The van der Waals surface area contributed by atoms with Gasteiger partial charge in [-0.25, -0.2) is 4.52 Å². The minimum absolute atomic E-state index is 0.0519. The van der Waals surface area contributed by atoms with Crippen molar-refractivity contribution >= 4 is 11.4 Å². The number of aliphatic hydroxyl groups is 1. The summed E-state index contributed by atoms with van der Waals surface area (Å²) in [6, 6.07) is 3.39. The van der Waals surface area contributed by atoms with E-state index in [1.807, 2.05) is 0 Å². The first kappa shape index (κ1) is 10.4. The lowest BCUT2D eigenvalue weighted by molar-refractivity contribution is 0.100. The largest absolute Gasteiger partial charge is 0.490 e. The fourth-order valence-electron chi connectivity index (χ4n) is 1.40. The SMILES string of the molecule is NC(=O)c1cnn2cc(OCCO)ccc12. The first-order chi connectivity index (χ1) is 7.72. The average molecular weight is 221 g/mol. The summed E-state index contributed by atoms with van der Waals surface area (Å²) in [5, 5.41) is 12.6. The molecular formula is C10H11N3O3. The lowest BCUT2D eigenvalue weighted by Crippen LogP contribution is -2.10. The van der Waals surface area contributed by atoms with Crippen LogP contribution in [0, 0.1) is 0 Å². The van der Waals surface area contributed by atoms with Gasteiger partial charge in [-0.3, -0.25) is 4.79 Å². The van der Waals surface area contributed by atoms with Crippen LogP contribution in [-0.2, 0) is 0 Å². The smallest absolute Gasteiger partial charge is 0.252 e. The number of primary amides is 1. The molecule has 0 fully saturated rings. The normalized spacial score (nSPS) is 10.6. The molecule has 1 amide bonds. The number of ether oxygens (including phenoxy) is 1. The molecule has 2 aromatic rings. The van der Waals surface area contributed by atoms with Gasteiger partial charge in [-0.2, -0.15) is 5.10 Å². The minimum Gasteiger partial charge on any atom is -0.490 e. The predicted molar refractivity (Wildman–Crippen MR) is 56.3 cm³/mol. The van der Waals surface area contributed by atoms with Crippen molar-refractivity contribution in [2.24, 2.45) is 5.73 Å². The molecule has 3 N–H and O–H groups in total. The molecule has 0 saturated carbocycles. The van der Waals surface area contributed by atoms with E-state index in [4.69, 9.17) is 15.6 Å². The third kappa shape index (κ3) is 1.82. The molecule has 0 unspecified atom stereocenters. The molecule has 0 aromatic carbocycles. The number of rotatable bonds is 4. The van der Waals surface area contributed by atoms with E-state index in [0.717, 1.165) is 0 Å².